The predicted molar refractivity (Wildman–Crippen MR) is 120 cm³/mol. The molecule has 31 heavy (non-hydrogen) atoms. The van der Waals surface area contributed by atoms with Gasteiger partial charge in [0.1, 0.15) is 11.5 Å². The van der Waals surface area contributed by atoms with E-state index in [0.717, 1.165) is 18.2 Å². The first-order chi connectivity index (χ1) is 15.1. The second-order valence-corrected chi connectivity index (χ2v) is 7.29. The van der Waals surface area contributed by atoms with E-state index >= 15 is 0 Å². The molecule has 6 nitrogen and oxygen atoms in total. The topological polar surface area (TPSA) is 71.1 Å². The largest absolute Gasteiger partial charge is 0.481 e. The first-order valence-electron chi connectivity index (χ1n) is 10.3. The van der Waals surface area contributed by atoms with Crippen LogP contribution >= 0.6 is 11.6 Å². The third kappa shape index (κ3) is 5.39. The van der Waals surface area contributed by atoms with Crippen molar-refractivity contribution in [2.75, 3.05) is 26.4 Å². The van der Waals surface area contributed by atoms with E-state index in [4.69, 9.17) is 30.5 Å². The molecule has 0 aliphatic carbocycles. The van der Waals surface area contributed by atoms with Gasteiger partial charge < -0.3 is 18.9 Å². The number of halogens is 1. The predicted octanol–water partition coefficient (Wildman–Crippen LogP) is 5.31. The van der Waals surface area contributed by atoms with Crippen LogP contribution < -0.4 is 9.47 Å². The van der Waals surface area contributed by atoms with E-state index in [-0.39, 0.29) is 13.2 Å². The van der Waals surface area contributed by atoms with Crippen LogP contribution in [0.2, 0.25) is 5.02 Å². The van der Waals surface area contributed by atoms with Gasteiger partial charge in [-0.2, -0.15) is 0 Å². The first kappa shape index (κ1) is 22.7. The highest BCUT2D eigenvalue weighted by Crippen LogP contribution is 2.45. The molecule has 0 atom stereocenters. The highest BCUT2D eigenvalue weighted by Gasteiger charge is 2.20. The van der Waals surface area contributed by atoms with Crippen molar-refractivity contribution in [2.45, 2.75) is 26.7 Å². The number of ether oxygens (including phenoxy) is 4. The van der Waals surface area contributed by atoms with Crippen molar-refractivity contribution in [3.05, 3.63) is 47.5 Å². The van der Waals surface area contributed by atoms with Crippen LogP contribution in [0.15, 0.2) is 42.5 Å². The Morgan fingerprint density at radius 1 is 0.742 bits per heavy atom. The van der Waals surface area contributed by atoms with E-state index in [0.29, 0.717) is 45.9 Å². The van der Waals surface area contributed by atoms with Crippen molar-refractivity contribution in [1.82, 2.24) is 0 Å². The molecule has 3 rings (SSSR count). The summed E-state index contributed by atoms with van der Waals surface area (Å²) in [6.07, 6.45) is 1.47. The maximum Gasteiger partial charge on any atom is 0.344 e. The highest BCUT2D eigenvalue weighted by molar-refractivity contribution is 6.37. The second kappa shape index (κ2) is 10.9. The molecule has 0 saturated heterocycles. The lowest BCUT2D eigenvalue weighted by molar-refractivity contribution is -0.146. The molecule has 164 valence electrons. The minimum atomic E-state index is -0.454. The average Bonchev–Trinajstić information content (AvgIpc) is 2.78. The third-order valence-electron chi connectivity index (χ3n) is 4.50. The average molecular weight is 445 g/mol. The Hall–Kier alpha value is -2.99. The normalized spacial score (nSPS) is 10.8. The quantitative estimate of drug-likeness (QED) is 0.311. The van der Waals surface area contributed by atoms with Crippen molar-refractivity contribution in [3.8, 4) is 11.5 Å². The summed E-state index contributed by atoms with van der Waals surface area (Å²) < 4.78 is 22.0. The van der Waals surface area contributed by atoms with Crippen LogP contribution in [0.5, 0.6) is 11.5 Å². The zero-order valence-electron chi connectivity index (χ0n) is 17.6. The van der Waals surface area contributed by atoms with Crippen LogP contribution in [0.1, 0.15) is 26.7 Å². The Bertz CT molecular complexity index is 1080. The van der Waals surface area contributed by atoms with Gasteiger partial charge in [0, 0.05) is 21.5 Å². The van der Waals surface area contributed by atoms with E-state index in [2.05, 4.69) is 0 Å². The molecular weight excluding hydrogens is 420 g/mol. The minimum Gasteiger partial charge on any atom is -0.481 e. The molecule has 0 amide bonds. The summed E-state index contributed by atoms with van der Waals surface area (Å²) >= 11 is 6.52. The summed E-state index contributed by atoms with van der Waals surface area (Å²) in [5.41, 5.74) is 0. The lowest BCUT2D eigenvalue weighted by atomic mass is 10.0. The van der Waals surface area contributed by atoms with E-state index in [1.807, 2.05) is 44.2 Å². The van der Waals surface area contributed by atoms with Crippen molar-refractivity contribution in [1.29, 1.82) is 0 Å². The van der Waals surface area contributed by atoms with Gasteiger partial charge in [0.05, 0.1) is 18.2 Å². The molecule has 0 aromatic heterocycles. The molecule has 0 unspecified atom stereocenters. The number of carbonyl (C=O) groups is 2. The Morgan fingerprint density at radius 3 is 1.84 bits per heavy atom. The second-order valence-electron chi connectivity index (χ2n) is 6.88. The summed E-state index contributed by atoms with van der Waals surface area (Å²) in [7, 11) is 0. The third-order valence-corrected chi connectivity index (χ3v) is 4.82. The number of esters is 2. The van der Waals surface area contributed by atoms with Crippen LogP contribution in [0.4, 0.5) is 0 Å². The van der Waals surface area contributed by atoms with Crippen molar-refractivity contribution in [2.24, 2.45) is 0 Å². The molecule has 3 aromatic rings. The van der Waals surface area contributed by atoms with Crippen molar-refractivity contribution >= 4 is 45.1 Å². The Morgan fingerprint density at radius 2 is 1.26 bits per heavy atom. The molecule has 7 heteroatoms. The molecule has 0 aliphatic heterocycles. The van der Waals surface area contributed by atoms with E-state index in [9.17, 15) is 9.59 Å². The molecule has 0 heterocycles. The van der Waals surface area contributed by atoms with Gasteiger partial charge >= 0.3 is 11.9 Å². The Labute approximate surface area is 186 Å². The maximum absolute atomic E-state index is 12.0. The zero-order chi connectivity index (χ0) is 22.2. The fraction of sp³-hybridized carbons (Fsp3) is 0.333. The molecular formula is C24H25ClO6. The van der Waals surface area contributed by atoms with Crippen LogP contribution in [0, 0.1) is 0 Å². The molecule has 0 aliphatic rings. The molecule has 0 radical (unpaired) electrons. The van der Waals surface area contributed by atoms with E-state index in [1.165, 1.54) is 0 Å². The number of benzene rings is 3. The fourth-order valence-electron chi connectivity index (χ4n) is 3.19. The molecule has 0 N–H and O–H groups in total. The highest BCUT2D eigenvalue weighted by atomic mass is 35.5. The summed E-state index contributed by atoms with van der Waals surface area (Å²) in [5.74, 6) is 0.0678. The number of hydrogen-bond donors (Lipinski definition) is 0. The van der Waals surface area contributed by atoms with Crippen molar-refractivity contribution in [3.63, 3.8) is 0 Å². The standard InChI is InChI=1S/C24H25ClO6/c1-3-12-28-20(26)14-30-23-16-8-5-6-9-17(16)24(31-15-21(27)29-13-4-2)22-18(23)10-7-11-19(22)25/h5-11H,3-4,12-15H2,1-2H3. The lowest BCUT2D eigenvalue weighted by Gasteiger charge is -2.18. The summed E-state index contributed by atoms with van der Waals surface area (Å²) in [5, 5.41) is 3.16. The van der Waals surface area contributed by atoms with Gasteiger partial charge in [0.15, 0.2) is 13.2 Å². The molecule has 0 bridgehead atoms. The molecule has 3 aromatic carbocycles. The number of carbonyl (C=O) groups excluding carboxylic acids is 2. The lowest BCUT2D eigenvalue weighted by Crippen LogP contribution is -2.16. The van der Waals surface area contributed by atoms with Gasteiger partial charge in [0.25, 0.3) is 0 Å². The molecule has 0 spiro atoms. The fourth-order valence-corrected chi connectivity index (χ4v) is 3.45. The van der Waals surface area contributed by atoms with Crippen molar-refractivity contribution < 1.29 is 28.5 Å². The summed E-state index contributed by atoms with van der Waals surface area (Å²) in [6, 6.07) is 12.8. The van der Waals surface area contributed by atoms with Gasteiger partial charge in [-0.15, -0.1) is 0 Å². The van der Waals surface area contributed by atoms with Crippen LogP contribution in [0.3, 0.4) is 0 Å². The number of fused-ring (bicyclic) bond motifs is 2. The number of rotatable bonds is 10. The molecule has 0 saturated carbocycles. The van der Waals surface area contributed by atoms with Gasteiger partial charge in [0.2, 0.25) is 0 Å². The first-order valence-corrected chi connectivity index (χ1v) is 10.6. The van der Waals surface area contributed by atoms with E-state index in [1.54, 1.807) is 12.1 Å². The summed E-state index contributed by atoms with van der Waals surface area (Å²) in [6.45, 7) is 4.06. The monoisotopic (exact) mass is 444 g/mol. The van der Waals surface area contributed by atoms with Crippen LogP contribution in [0.25, 0.3) is 21.5 Å². The van der Waals surface area contributed by atoms with E-state index < -0.39 is 11.9 Å². The van der Waals surface area contributed by atoms with Crippen LogP contribution in [-0.4, -0.2) is 38.4 Å². The number of hydrogen-bond acceptors (Lipinski definition) is 6. The minimum absolute atomic E-state index is 0.227. The maximum atomic E-state index is 12.0. The van der Waals surface area contributed by atoms with Gasteiger partial charge in [-0.3, -0.25) is 0 Å². The molecule has 0 fully saturated rings. The Kier molecular flexibility index (Phi) is 7.95. The SMILES string of the molecule is CCCOC(=O)COc1c2ccccc2c(OCC(=O)OCCC)c2c(Cl)cccc12. The van der Waals surface area contributed by atoms with Crippen LogP contribution in [-0.2, 0) is 19.1 Å². The van der Waals surface area contributed by atoms with Gasteiger partial charge in [-0.1, -0.05) is 61.8 Å². The van der Waals surface area contributed by atoms with Gasteiger partial charge in [-0.25, -0.2) is 9.59 Å². The smallest absolute Gasteiger partial charge is 0.344 e. The van der Waals surface area contributed by atoms with Gasteiger partial charge in [-0.05, 0) is 18.9 Å². The Balaban J connectivity index is 2.04. The summed E-state index contributed by atoms with van der Waals surface area (Å²) in [4.78, 5) is 24.0. The zero-order valence-corrected chi connectivity index (χ0v) is 18.4.